The molecule has 0 radical (unpaired) electrons. The zero-order valence-corrected chi connectivity index (χ0v) is 18.9. The van der Waals surface area contributed by atoms with Gasteiger partial charge in [0.05, 0.1) is 12.1 Å². The Morgan fingerprint density at radius 1 is 1.39 bits per heavy atom. The van der Waals surface area contributed by atoms with Crippen LogP contribution in [0.1, 0.15) is 26.5 Å². The zero-order chi connectivity index (χ0) is 23.3. The minimum atomic E-state index is -4.64. The van der Waals surface area contributed by atoms with Gasteiger partial charge in [0.1, 0.15) is 18.1 Å². The van der Waals surface area contributed by atoms with Gasteiger partial charge in [-0.3, -0.25) is 9.59 Å². The molecule has 14 heteroatoms. The summed E-state index contributed by atoms with van der Waals surface area (Å²) in [5, 5.41) is 3.73. The number of pyridine rings is 1. The van der Waals surface area contributed by atoms with Crippen molar-refractivity contribution in [2.75, 3.05) is 6.61 Å². The normalized spacial score (nSPS) is 26.0. The van der Waals surface area contributed by atoms with Crippen molar-refractivity contribution in [2.24, 2.45) is 11.0 Å². The van der Waals surface area contributed by atoms with Gasteiger partial charge in [0.15, 0.2) is 5.69 Å². The standard InChI is InChI=1S/C17H18BrF3N4O5S/c1-7-12(6-28-8(2)26)30-16(14(29-9(3)27)13(7)24-25-22)31-10-4-11(18)15(23-5-10)17(19,20)21/h4-5,7,12-14,16H,6H2,1-3H3/t7-,12?,13?,14-,16+/m0/s1. The smallest absolute Gasteiger partial charge is 0.434 e. The van der Waals surface area contributed by atoms with Crippen LogP contribution in [0.2, 0.25) is 0 Å². The maximum atomic E-state index is 13.0. The molecule has 1 fully saturated rings. The van der Waals surface area contributed by atoms with E-state index < -0.39 is 53.4 Å². The van der Waals surface area contributed by atoms with Gasteiger partial charge in [-0.25, -0.2) is 4.98 Å². The van der Waals surface area contributed by atoms with Gasteiger partial charge in [-0.15, -0.1) is 0 Å². The van der Waals surface area contributed by atoms with Crippen LogP contribution in [0, 0.1) is 5.92 Å². The summed E-state index contributed by atoms with van der Waals surface area (Å²) in [6.45, 7) is 3.92. The molecule has 31 heavy (non-hydrogen) atoms. The molecule has 0 N–H and O–H groups in total. The third-order valence-electron chi connectivity index (χ3n) is 4.31. The molecular weight excluding hydrogens is 509 g/mol. The summed E-state index contributed by atoms with van der Waals surface area (Å²) < 4.78 is 54.9. The van der Waals surface area contributed by atoms with Crippen molar-refractivity contribution < 1.29 is 37.0 Å². The molecule has 0 aromatic carbocycles. The van der Waals surface area contributed by atoms with Gasteiger partial charge in [0, 0.05) is 34.3 Å². The number of hydrogen-bond acceptors (Lipinski definition) is 8. The van der Waals surface area contributed by atoms with Crippen molar-refractivity contribution in [3.8, 4) is 0 Å². The zero-order valence-electron chi connectivity index (χ0n) is 16.5. The van der Waals surface area contributed by atoms with Gasteiger partial charge in [0.25, 0.3) is 0 Å². The summed E-state index contributed by atoms with van der Waals surface area (Å²) in [6.07, 6.45) is -5.38. The van der Waals surface area contributed by atoms with E-state index in [1.54, 1.807) is 6.92 Å². The molecule has 1 aromatic rings. The SMILES string of the molecule is CC(=O)OCC1O[C@H](Sc2cnc(C(F)(F)F)c(Br)c2)[C@@H](OC(C)=O)C(N=[N+]=[N-])[C@H]1C. The van der Waals surface area contributed by atoms with Crippen molar-refractivity contribution >= 4 is 39.6 Å². The first kappa shape index (κ1) is 25.2. The molecule has 2 unspecified atom stereocenters. The molecule has 5 atom stereocenters. The van der Waals surface area contributed by atoms with E-state index in [0.29, 0.717) is 0 Å². The molecule has 0 saturated carbocycles. The molecule has 1 saturated heterocycles. The highest BCUT2D eigenvalue weighted by Gasteiger charge is 2.46. The molecule has 170 valence electrons. The summed E-state index contributed by atoms with van der Waals surface area (Å²) in [4.78, 5) is 29.4. The number of thioether (sulfide) groups is 1. The highest BCUT2D eigenvalue weighted by Crippen LogP contribution is 2.40. The van der Waals surface area contributed by atoms with E-state index in [1.165, 1.54) is 19.9 Å². The van der Waals surface area contributed by atoms with Crippen molar-refractivity contribution in [2.45, 2.75) is 55.5 Å². The minimum absolute atomic E-state index is 0.146. The first-order chi connectivity index (χ1) is 14.4. The monoisotopic (exact) mass is 526 g/mol. The molecular formula is C17H18BrF3N4O5S. The lowest BCUT2D eigenvalue weighted by molar-refractivity contribution is -0.176. The number of esters is 2. The Bertz CT molecular complexity index is 884. The summed E-state index contributed by atoms with van der Waals surface area (Å²) in [7, 11) is 0. The fourth-order valence-electron chi connectivity index (χ4n) is 2.91. The van der Waals surface area contributed by atoms with Crippen LogP contribution < -0.4 is 0 Å². The van der Waals surface area contributed by atoms with Crippen LogP contribution in [0.15, 0.2) is 26.7 Å². The van der Waals surface area contributed by atoms with Crippen LogP contribution in [0.25, 0.3) is 10.4 Å². The fourth-order valence-corrected chi connectivity index (χ4v) is 4.76. The molecule has 1 aliphatic rings. The Kier molecular flexibility index (Phi) is 8.57. The van der Waals surface area contributed by atoms with Gasteiger partial charge >= 0.3 is 18.1 Å². The Morgan fingerprint density at radius 2 is 2.06 bits per heavy atom. The van der Waals surface area contributed by atoms with Crippen LogP contribution >= 0.6 is 27.7 Å². The number of carbonyl (C=O) groups excluding carboxylic acids is 2. The quantitative estimate of drug-likeness (QED) is 0.231. The maximum absolute atomic E-state index is 13.0. The average Bonchev–Trinajstić information content (AvgIpc) is 2.64. The van der Waals surface area contributed by atoms with Crippen LogP contribution in [0.3, 0.4) is 0 Å². The average molecular weight is 527 g/mol. The van der Waals surface area contributed by atoms with Gasteiger partial charge in [-0.05, 0) is 33.4 Å². The Labute approximate surface area is 187 Å². The van der Waals surface area contributed by atoms with E-state index in [0.717, 1.165) is 18.0 Å². The summed E-state index contributed by atoms with van der Waals surface area (Å²) in [5.41, 5.74) is 6.91. The molecule has 2 rings (SSSR count). The molecule has 2 heterocycles. The van der Waals surface area contributed by atoms with Crippen molar-refractivity contribution in [3.63, 3.8) is 0 Å². The van der Waals surface area contributed by atoms with E-state index >= 15 is 0 Å². The number of rotatable bonds is 6. The summed E-state index contributed by atoms with van der Waals surface area (Å²) in [5.74, 6) is -1.69. The summed E-state index contributed by atoms with van der Waals surface area (Å²) in [6, 6.07) is 0.336. The van der Waals surface area contributed by atoms with E-state index in [2.05, 4.69) is 30.9 Å². The van der Waals surface area contributed by atoms with Crippen molar-refractivity contribution in [3.05, 3.63) is 32.9 Å². The predicted molar refractivity (Wildman–Crippen MR) is 106 cm³/mol. The first-order valence-corrected chi connectivity index (χ1v) is 10.5. The number of aromatic nitrogens is 1. The number of alkyl halides is 3. The molecule has 1 aliphatic heterocycles. The highest BCUT2D eigenvalue weighted by molar-refractivity contribution is 9.10. The third kappa shape index (κ3) is 6.73. The lowest BCUT2D eigenvalue weighted by Crippen LogP contribution is -2.54. The van der Waals surface area contributed by atoms with Crippen LogP contribution in [-0.2, 0) is 30.0 Å². The Hall–Kier alpha value is -2.02. The molecule has 1 aromatic heterocycles. The predicted octanol–water partition coefficient (Wildman–Crippen LogP) is 4.49. The molecule has 0 aliphatic carbocycles. The van der Waals surface area contributed by atoms with E-state index in [1.807, 2.05) is 0 Å². The largest absolute Gasteiger partial charge is 0.463 e. The van der Waals surface area contributed by atoms with Gasteiger partial charge < -0.3 is 14.2 Å². The number of hydrogen-bond donors (Lipinski definition) is 0. The highest BCUT2D eigenvalue weighted by atomic mass is 79.9. The van der Waals surface area contributed by atoms with E-state index in [4.69, 9.17) is 19.7 Å². The van der Waals surface area contributed by atoms with Crippen LogP contribution in [-0.4, -0.2) is 47.2 Å². The molecule has 9 nitrogen and oxygen atoms in total. The lowest BCUT2D eigenvalue weighted by atomic mass is 9.89. The minimum Gasteiger partial charge on any atom is -0.463 e. The first-order valence-electron chi connectivity index (χ1n) is 8.83. The maximum Gasteiger partial charge on any atom is 0.434 e. The number of halogens is 4. The molecule has 0 spiro atoms. The Morgan fingerprint density at radius 3 is 2.58 bits per heavy atom. The third-order valence-corrected chi connectivity index (χ3v) is 6.03. The number of nitrogens with zero attached hydrogens (tertiary/aromatic N) is 4. The summed E-state index contributed by atoms with van der Waals surface area (Å²) >= 11 is 3.79. The van der Waals surface area contributed by atoms with E-state index in [9.17, 15) is 22.8 Å². The second-order valence-corrected chi connectivity index (χ2v) is 8.62. The lowest BCUT2D eigenvalue weighted by Gasteiger charge is -2.43. The van der Waals surface area contributed by atoms with Gasteiger partial charge in [-0.1, -0.05) is 23.8 Å². The number of ether oxygens (including phenoxy) is 3. The second kappa shape index (κ2) is 10.5. The fraction of sp³-hybridized carbons (Fsp3) is 0.588. The van der Waals surface area contributed by atoms with Crippen LogP contribution in [0.5, 0.6) is 0 Å². The van der Waals surface area contributed by atoms with Gasteiger partial charge in [0.2, 0.25) is 0 Å². The topological polar surface area (TPSA) is 123 Å². The van der Waals surface area contributed by atoms with Gasteiger partial charge in [-0.2, -0.15) is 13.2 Å². The van der Waals surface area contributed by atoms with Crippen molar-refractivity contribution in [1.82, 2.24) is 4.98 Å². The van der Waals surface area contributed by atoms with Crippen molar-refractivity contribution in [1.29, 1.82) is 0 Å². The molecule has 0 bridgehead atoms. The van der Waals surface area contributed by atoms with Crippen LogP contribution in [0.4, 0.5) is 13.2 Å². The number of carbonyl (C=O) groups is 2. The molecule has 0 amide bonds. The number of azide groups is 1. The second-order valence-electron chi connectivity index (χ2n) is 6.59. The Balaban J connectivity index is 2.36. The van der Waals surface area contributed by atoms with E-state index in [-0.39, 0.29) is 16.0 Å².